The van der Waals surface area contributed by atoms with Crippen molar-refractivity contribution < 1.29 is 44.2 Å². The van der Waals surface area contributed by atoms with E-state index in [1.807, 2.05) is 0 Å². The molecule has 2 aliphatic carbocycles. The van der Waals surface area contributed by atoms with Gasteiger partial charge in [0, 0.05) is 5.04 Å². The zero-order chi connectivity index (χ0) is 18.4. The number of carboxylic acid groups (broad SMARTS) is 2. The molecule has 0 aromatic rings. The summed E-state index contributed by atoms with van der Waals surface area (Å²) in [5.74, 6) is -7.38. The van der Waals surface area contributed by atoms with Crippen LogP contribution in [0, 0.1) is 23.7 Å². The third-order valence-corrected chi connectivity index (χ3v) is 5.00. The Labute approximate surface area is 144 Å². The molecule has 0 aliphatic heterocycles. The van der Waals surface area contributed by atoms with E-state index in [0.717, 1.165) is 12.8 Å². The van der Waals surface area contributed by atoms with E-state index in [1.54, 1.807) is 0 Å². The van der Waals surface area contributed by atoms with E-state index in [-0.39, 0.29) is 0 Å². The van der Waals surface area contributed by atoms with Crippen LogP contribution < -0.4 is 0 Å². The standard InChI is InChI=1S/C16H22O9/c17-13(18)9-5-1-3-7-11(9)15(21)23-25-24-16(22)12-8-4-2-6-10(12)14(19)20/h9-12H,1-8H2,(H,17,18)(H,19,20). The fourth-order valence-corrected chi connectivity index (χ4v) is 3.62. The average molecular weight is 358 g/mol. The van der Waals surface area contributed by atoms with Crippen LogP contribution in [0.1, 0.15) is 51.4 Å². The minimum atomic E-state index is -1.08. The number of carboxylic acids is 2. The molecule has 25 heavy (non-hydrogen) atoms. The number of carbonyl (C=O) groups is 4. The van der Waals surface area contributed by atoms with Gasteiger partial charge in [-0.2, -0.15) is 0 Å². The Bertz CT molecular complexity index is 484. The second-order valence-electron chi connectivity index (χ2n) is 6.54. The maximum Gasteiger partial charge on any atom is 0.350 e. The SMILES string of the molecule is O=C(O)C1CCCCC1C(=O)OOOC(=O)C1CCCCC1C(=O)O. The third kappa shape index (κ3) is 4.91. The number of hydrogen-bond donors (Lipinski definition) is 2. The number of aliphatic carboxylic acids is 2. The van der Waals surface area contributed by atoms with Crippen LogP contribution in [0.15, 0.2) is 0 Å². The van der Waals surface area contributed by atoms with Gasteiger partial charge in [0.05, 0.1) is 23.7 Å². The summed E-state index contributed by atoms with van der Waals surface area (Å²) >= 11 is 0. The van der Waals surface area contributed by atoms with Gasteiger partial charge in [-0.3, -0.25) is 19.4 Å². The van der Waals surface area contributed by atoms with Gasteiger partial charge in [0.15, 0.2) is 0 Å². The van der Waals surface area contributed by atoms with Crippen molar-refractivity contribution in [1.82, 2.24) is 0 Å². The first kappa shape index (κ1) is 19.2. The maximum absolute atomic E-state index is 11.9. The molecular weight excluding hydrogens is 336 g/mol. The lowest BCUT2D eigenvalue weighted by Gasteiger charge is -2.26. The molecule has 2 N–H and O–H groups in total. The topological polar surface area (TPSA) is 136 Å². The number of hydrogen-bond acceptors (Lipinski definition) is 7. The third-order valence-electron chi connectivity index (χ3n) is 5.00. The average Bonchev–Trinajstić information content (AvgIpc) is 2.61. The van der Waals surface area contributed by atoms with E-state index >= 15 is 0 Å². The molecule has 2 saturated carbocycles. The van der Waals surface area contributed by atoms with E-state index in [9.17, 15) is 19.2 Å². The summed E-state index contributed by atoms with van der Waals surface area (Å²) in [6.45, 7) is 0. The van der Waals surface area contributed by atoms with Gasteiger partial charge in [-0.25, -0.2) is 9.59 Å². The molecule has 0 spiro atoms. The van der Waals surface area contributed by atoms with E-state index in [1.165, 1.54) is 0 Å². The second-order valence-corrected chi connectivity index (χ2v) is 6.54. The molecule has 9 heteroatoms. The molecule has 9 nitrogen and oxygen atoms in total. The Hall–Kier alpha value is -2.16. The van der Waals surface area contributed by atoms with Crippen LogP contribution in [0.2, 0.25) is 0 Å². The zero-order valence-electron chi connectivity index (χ0n) is 13.7. The van der Waals surface area contributed by atoms with Gasteiger partial charge in [0.25, 0.3) is 0 Å². The minimum absolute atomic E-state index is 0.358. The lowest BCUT2D eigenvalue weighted by Crippen LogP contribution is -2.35. The quantitative estimate of drug-likeness (QED) is 0.537. The largest absolute Gasteiger partial charge is 0.481 e. The summed E-state index contributed by atoms with van der Waals surface area (Å²) in [4.78, 5) is 55.1. The van der Waals surface area contributed by atoms with E-state index in [0.29, 0.717) is 38.5 Å². The molecular formula is C16H22O9. The smallest absolute Gasteiger partial charge is 0.350 e. The molecule has 4 unspecified atom stereocenters. The van der Waals surface area contributed by atoms with Crippen molar-refractivity contribution in [3.8, 4) is 0 Å². The minimum Gasteiger partial charge on any atom is -0.481 e. The highest BCUT2D eigenvalue weighted by molar-refractivity contribution is 5.82. The van der Waals surface area contributed by atoms with E-state index in [2.05, 4.69) is 14.8 Å². The van der Waals surface area contributed by atoms with Gasteiger partial charge in [0.1, 0.15) is 0 Å². The Morgan fingerprint density at radius 3 is 1.24 bits per heavy atom. The summed E-state index contributed by atoms with van der Waals surface area (Å²) in [5, 5.41) is 22.5. The highest BCUT2D eigenvalue weighted by Gasteiger charge is 2.39. The number of carbonyl (C=O) groups excluding carboxylic acids is 2. The molecule has 2 aliphatic rings. The van der Waals surface area contributed by atoms with E-state index in [4.69, 9.17) is 10.2 Å². The van der Waals surface area contributed by atoms with Crippen LogP contribution in [0.3, 0.4) is 0 Å². The van der Waals surface area contributed by atoms with Crippen LogP contribution in [-0.4, -0.2) is 34.1 Å². The normalized spacial score (nSPS) is 29.4. The first-order valence-corrected chi connectivity index (χ1v) is 8.46. The fraction of sp³-hybridized carbons (Fsp3) is 0.750. The first-order valence-electron chi connectivity index (χ1n) is 8.46. The van der Waals surface area contributed by atoms with Gasteiger partial charge < -0.3 is 10.2 Å². The van der Waals surface area contributed by atoms with Gasteiger partial charge in [0.2, 0.25) is 0 Å². The molecule has 0 radical (unpaired) electrons. The molecule has 4 atom stereocenters. The van der Waals surface area contributed by atoms with Crippen LogP contribution >= 0.6 is 0 Å². The summed E-state index contributed by atoms with van der Waals surface area (Å²) in [6, 6.07) is 0. The summed E-state index contributed by atoms with van der Waals surface area (Å²) < 4.78 is 0. The molecule has 0 aromatic carbocycles. The molecule has 0 heterocycles. The molecule has 0 amide bonds. The lowest BCUT2D eigenvalue weighted by molar-refractivity contribution is -0.462. The van der Waals surface area contributed by atoms with Crippen molar-refractivity contribution >= 4 is 23.9 Å². The summed E-state index contributed by atoms with van der Waals surface area (Å²) in [6.07, 6.45) is 4.29. The molecule has 0 bridgehead atoms. The van der Waals surface area contributed by atoms with Crippen molar-refractivity contribution in [3.05, 3.63) is 0 Å². The van der Waals surface area contributed by atoms with Crippen molar-refractivity contribution in [2.24, 2.45) is 23.7 Å². The second kappa shape index (κ2) is 8.80. The zero-order valence-corrected chi connectivity index (χ0v) is 13.7. The molecule has 2 fully saturated rings. The lowest BCUT2D eigenvalue weighted by atomic mass is 9.79. The molecule has 0 aromatic heterocycles. The Balaban J connectivity index is 1.82. The van der Waals surface area contributed by atoms with E-state index < -0.39 is 47.5 Å². The van der Waals surface area contributed by atoms with Gasteiger partial charge in [-0.1, -0.05) is 25.7 Å². The fourth-order valence-electron chi connectivity index (χ4n) is 3.62. The predicted octanol–water partition coefficient (Wildman–Crippen LogP) is 1.70. The van der Waals surface area contributed by atoms with Gasteiger partial charge in [-0.05, 0) is 25.7 Å². The molecule has 2 rings (SSSR count). The van der Waals surface area contributed by atoms with Gasteiger partial charge >= 0.3 is 23.9 Å². The van der Waals surface area contributed by atoms with Crippen LogP contribution in [0.5, 0.6) is 0 Å². The monoisotopic (exact) mass is 358 g/mol. The molecule has 0 saturated heterocycles. The Morgan fingerprint density at radius 2 is 0.920 bits per heavy atom. The van der Waals surface area contributed by atoms with Crippen molar-refractivity contribution in [2.75, 3.05) is 0 Å². The van der Waals surface area contributed by atoms with Crippen LogP contribution in [0.4, 0.5) is 0 Å². The van der Waals surface area contributed by atoms with Gasteiger partial charge in [-0.15, -0.1) is 0 Å². The highest BCUT2D eigenvalue weighted by Crippen LogP contribution is 2.32. The van der Waals surface area contributed by atoms with Crippen molar-refractivity contribution in [1.29, 1.82) is 0 Å². The van der Waals surface area contributed by atoms with Crippen molar-refractivity contribution in [2.45, 2.75) is 51.4 Å². The van der Waals surface area contributed by atoms with Crippen molar-refractivity contribution in [3.63, 3.8) is 0 Å². The van der Waals surface area contributed by atoms with Crippen LogP contribution in [0.25, 0.3) is 0 Å². The Kier molecular flexibility index (Phi) is 6.74. The number of rotatable bonds is 6. The highest BCUT2D eigenvalue weighted by atomic mass is 17.5. The summed E-state index contributed by atoms with van der Waals surface area (Å²) in [7, 11) is 0. The van der Waals surface area contributed by atoms with Crippen LogP contribution in [-0.2, 0) is 34.0 Å². The predicted molar refractivity (Wildman–Crippen MR) is 79.4 cm³/mol. The molecule has 140 valence electrons. The Morgan fingerprint density at radius 1 is 0.600 bits per heavy atom. The maximum atomic E-state index is 11.9. The first-order chi connectivity index (χ1) is 11.9. The summed E-state index contributed by atoms with van der Waals surface area (Å²) in [5.41, 5.74) is 0.